The van der Waals surface area contributed by atoms with Crippen molar-refractivity contribution in [1.82, 2.24) is 24.1 Å². The van der Waals surface area contributed by atoms with Crippen LogP contribution in [0, 0.1) is 24.8 Å². The van der Waals surface area contributed by atoms with Crippen LogP contribution in [0.15, 0.2) is 30.7 Å². The van der Waals surface area contributed by atoms with Gasteiger partial charge in [0.2, 0.25) is 17.8 Å². The summed E-state index contributed by atoms with van der Waals surface area (Å²) in [5, 5.41) is 6.35. The highest BCUT2D eigenvalue weighted by Gasteiger charge is 2.26. The molecular formula is C25H26F3N7O2. The lowest BCUT2D eigenvalue weighted by Crippen LogP contribution is -2.36. The summed E-state index contributed by atoms with van der Waals surface area (Å²) in [7, 11) is 0. The van der Waals surface area contributed by atoms with E-state index in [0.29, 0.717) is 54.5 Å². The standard InChI is InChI=1S/C25H26F3N7O2/c1-14-16(15-9-19(33-5-7-37-8-6-33)23-29-12-20(26)34(23)13-15)10-18(21(27)31-14)32-24(36)17-11-30-35(22(17)28)25(2,3)4/h9-13H,5-8H2,1-4H3,(H,32,36). The Balaban J connectivity index is 1.55. The van der Waals surface area contributed by atoms with Gasteiger partial charge in [0.25, 0.3) is 5.91 Å². The Bertz CT molecular complexity index is 1500. The van der Waals surface area contributed by atoms with Crippen molar-refractivity contribution >= 4 is 22.9 Å². The second-order valence-electron chi connectivity index (χ2n) is 9.83. The van der Waals surface area contributed by atoms with Crippen molar-refractivity contribution < 1.29 is 22.7 Å². The van der Waals surface area contributed by atoms with E-state index in [2.05, 4.69) is 20.4 Å². The van der Waals surface area contributed by atoms with Crippen LogP contribution >= 0.6 is 0 Å². The zero-order valence-electron chi connectivity index (χ0n) is 20.8. The fraction of sp³-hybridized carbons (Fsp3) is 0.360. The molecule has 0 spiro atoms. The molecule has 9 nitrogen and oxygen atoms in total. The number of nitrogens with zero attached hydrogens (tertiary/aromatic N) is 6. The number of morpholine rings is 1. The van der Waals surface area contributed by atoms with Gasteiger partial charge in [-0.1, -0.05) is 0 Å². The summed E-state index contributed by atoms with van der Waals surface area (Å²) in [5.41, 5.74) is 1.21. The highest BCUT2D eigenvalue weighted by molar-refractivity contribution is 6.04. The molecule has 0 aromatic carbocycles. The number of pyridine rings is 2. The van der Waals surface area contributed by atoms with Crippen molar-refractivity contribution in [3.8, 4) is 11.1 Å². The van der Waals surface area contributed by atoms with E-state index in [1.807, 2.05) is 11.0 Å². The third-order valence-electron chi connectivity index (χ3n) is 6.21. The van der Waals surface area contributed by atoms with Crippen LogP contribution in [-0.2, 0) is 10.3 Å². The molecule has 5 rings (SSSR count). The normalized spacial score (nSPS) is 14.4. The number of fused-ring (bicyclic) bond motifs is 1. The summed E-state index contributed by atoms with van der Waals surface area (Å²) in [6.45, 7) is 9.08. The first-order valence-electron chi connectivity index (χ1n) is 11.8. The molecule has 0 unspecified atom stereocenters. The lowest BCUT2D eigenvalue weighted by atomic mass is 10.0. The third kappa shape index (κ3) is 4.52. The van der Waals surface area contributed by atoms with Crippen LogP contribution in [0.4, 0.5) is 24.5 Å². The molecule has 4 aromatic heterocycles. The largest absolute Gasteiger partial charge is 0.378 e. The number of hydrogen-bond acceptors (Lipinski definition) is 6. The number of aryl methyl sites for hydroxylation is 1. The number of anilines is 2. The minimum absolute atomic E-state index is 0.243. The van der Waals surface area contributed by atoms with Crippen LogP contribution in [-0.4, -0.2) is 56.4 Å². The molecule has 1 fully saturated rings. The quantitative estimate of drug-likeness (QED) is 0.412. The molecule has 1 aliphatic heterocycles. The van der Waals surface area contributed by atoms with Crippen molar-refractivity contribution in [3.05, 3.63) is 59.8 Å². The first-order valence-corrected chi connectivity index (χ1v) is 11.8. The van der Waals surface area contributed by atoms with E-state index >= 15 is 0 Å². The Morgan fingerprint density at radius 1 is 1.11 bits per heavy atom. The molecule has 0 bridgehead atoms. The predicted molar refractivity (Wildman–Crippen MR) is 131 cm³/mol. The van der Waals surface area contributed by atoms with Crippen LogP contribution < -0.4 is 10.2 Å². The van der Waals surface area contributed by atoms with E-state index in [9.17, 15) is 18.0 Å². The van der Waals surface area contributed by atoms with Gasteiger partial charge < -0.3 is 15.0 Å². The topological polar surface area (TPSA) is 89.6 Å². The van der Waals surface area contributed by atoms with Crippen LogP contribution in [0.2, 0.25) is 0 Å². The monoisotopic (exact) mass is 513 g/mol. The number of nitrogens with one attached hydrogen (secondary N) is 1. The summed E-state index contributed by atoms with van der Waals surface area (Å²) in [6.07, 6.45) is 3.78. The van der Waals surface area contributed by atoms with Crippen molar-refractivity contribution in [2.75, 3.05) is 36.5 Å². The number of hydrogen-bond donors (Lipinski definition) is 1. The molecule has 0 atom stereocenters. The zero-order valence-corrected chi connectivity index (χ0v) is 20.8. The second-order valence-corrected chi connectivity index (χ2v) is 9.83. The van der Waals surface area contributed by atoms with Gasteiger partial charge >= 0.3 is 0 Å². The van der Waals surface area contributed by atoms with E-state index in [-0.39, 0.29) is 11.3 Å². The first kappa shape index (κ1) is 24.8. The summed E-state index contributed by atoms with van der Waals surface area (Å²) in [4.78, 5) is 23.0. The fourth-order valence-electron chi connectivity index (χ4n) is 4.32. The molecule has 0 saturated carbocycles. The Hall–Kier alpha value is -3.93. The highest BCUT2D eigenvalue weighted by atomic mass is 19.1. The lowest BCUT2D eigenvalue weighted by Gasteiger charge is -2.29. The number of amides is 1. The number of imidazole rings is 1. The highest BCUT2D eigenvalue weighted by Crippen LogP contribution is 2.33. The maximum Gasteiger partial charge on any atom is 0.262 e. The molecule has 1 saturated heterocycles. The molecule has 4 aromatic rings. The molecule has 0 aliphatic carbocycles. The maximum atomic E-state index is 14.8. The molecule has 37 heavy (non-hydrogen) atoms. The second kappa shape index (κ2) is 9.18. The molecule has 1 N–H and O–H groups in total. The van der Waals surface area contributed by atoms with E-state index in [4.69, 9.17) is 4.74 Å². The minimum Gasteiger partial charge on any atom is -0.378 e. The van der Waals surface area contributed by atoms with Gasteiger partial charge in [0.15, 0.2) is 5.65 Å². The Morgan fingerprint density at radius 3 is 2.51 bits per heavy atom. The smallest absolute Gasteiger partial charge is 0.262 e. The molecule has 0 radical (unpaired) electrons. The Labute approximate surface area is 210 Å². The average molecular weight is 514 g/mol. The van der Waals surface area contributed by atoms with Crippen LogP contribution in [0.3, 0.4) is 0 Å². The summed E-state index contributed by atoms with van der Waals surface area (Å²) >= 11 is 0. The number of aromatic nitrogens is 5. The lowest BCUT2D eigenvalue weighted by molar-refractivity contribution is 0.102. The van der Waals surface area contributed by atoms with Crippen molar-refractivity contribution in [2.24, 2.45) is 0 Å². The molecule has 12 heteroatoms. The van der Waals surface area contributed by atoms with Gasteiger partial charge in [-0.25, -0.2) is 14.6 Å². The van der Waals surface area contributed by atoms with Crippen LogP contribution in [0.1, 0.15) is 36.8 Å². The molecular weight excluding hydrogens is 487 g/mol. The van der Waals surface area contributed by atoms with Crippen LogP contribution in [0.25, 0.3) is 16.8 Å². The molecule has 1 aliphatic rings. The van der Waals surface area contributed by atoms with Crippen molar-refractivity contribution in [2.45, 2.75) is 33.2 Å². The maximum absolute atomic E-state index is 14.8. The SMILES string of the molecule is Cc1nc(F)c(NC(=O)c2cnn(C(C)(C)C)c2F)cc1-c1cc(N2CCOCC2)c2ncc(F)n2c1. The van der Waals surface area contributed by atoms with Gasteiger partial charge in [-0.15, -0.1) is 0 Å². The van der Waals surface area contributed by atoms with E-state index in [1.165, 1.54) is 10.5 Å². The number of halogens is 3. The number of rotatable bonds is 4. The van der Waals surface area contributed by atoms with Crippen LogP contribution in [0.5, 0.6) is 0 Å². The van der Waals surface area contributed by atoms with Gasteiger partial charge in [-0.3, -0.25) is 9.20 Å². The van der Waals surface area contributed by atoms with Gasteiger partial charge in [-0.2, -0.15) is 18.3 Å². The Morgan fingerprint density at radius 2 is 1.84 bits per heavy atom. The predicted octanol–water partition coefficient (Wildman–Crippen LogP) is 4.16. The summed E-state index contributed by atoms with van der Waals surface area (Å²) < 4.78 is 52.1. The minimum atomic E-state index is -0.929. The van der Waals surface area contributed by atoms with Gasteiger partial charge in [0.05, 0.1) is 42.5 Å². The van der Waals surface area contributed by atoms with Gasteiger partial charge in [0.1, 0.15) is 5.56 Å². The molecule has 194 valence electrons. The van der Waals surface area contributed by atoms with Gasteiger partial charge in [-0.05, 0) is 39.8 Å². The zero-order chi connectivity index (χ0) is 26.5. The first-order chi connectivity index (χ1) is 17.5. The number of carbonyl (C=O) groups is 1. The van der Waals surface area contributed by atoms with Gasteiger partial charge in [0, 0.05) is 36.1 Å². The van der Waals surface area contributed by atoms with E-state index in [1.54, 1.807) is 33.9 Å². The Kier molecular flexibility index (Phi) is 6.14. The summed E-state index contributed by atoms with van der Waals surface area (Å²) in [6, 6.07) is 3.23. The number of carbonyl (C=O) groups excluding carboxylic acids is 1. The van der Waals surface area contributed by atoms with Crippen molar-refractivity contribution in [3.63, 3.8) is 0 Å². The van der Waals surface area contributed by atoms with E-state index in [0.717, 1.165) is 17.1 Å². The average Bonchev–Trinajstić information content (AvgIpc) is 3.43. The number of ether oxygens (including phenoxy) is 1. The molecule has 5 heterocycles. The molecule has 1 amide bonds. The van der Waals surface area contributed by atoms with E-state index < -0.39 is 29.3 Å². The van der Waals surface area contributed by atoms with Crippen molar-refractivity contribution in [1.29, 1.82) is 0 Å². The fourth-order valence-corrected chi connectivity index (χ4v) is 4.32. The summed E-state index contributed by atoms with van der Waals surface area (Å²) in [5.74, 6) is -3.18. The third-order valence-corrected chi connectivity index (χ3v) is 6.21.